The summed E-state index contributed by atoms with van der Waals surface area (Å²) >= 11 is 0. The van der Waals surface area contributed by atoms with E-state index in [2.05, 4.69) is 26.8 Å². The molecule has 1 aromatic rings. The van der Waals surface area contributed by atoms with E-state index in [1.54, 1.807) is 0 Å². The minimum Gasteiger partial charge on any atom is -0.487 e. The highest BCUT2D eigenvalue weighted by Crippen LogP contribution is 2.44. The highest BCUT2D eigenvalue weighted by Gasteiger charge is 2.43. The van der Waals surface area contributed by atoms with Gasteiger partial charge in [0.1, 0.15) is 17.0 Å². The normalized spacial score (nSPS) is 25.6. The maximum absolute atomic E-state index is 10.9. The van der Waals surface area contributed by atoms with Crippen molar-refractivity contribution in [1.82, 2.24) is 0 Å². The summed E-state index contributed by atoms with van der Waals surface area (Å²) < 4.78 is 5.97. The van der Waals surface area contributed by atoms with Gasteiger partial charge in [0.15, 0.2) is 0 Å². The van der Waals surface area contributed by atoms with Gasteiger partial charge in [-0.25, -0.2) is 0 Å². The van der Waals surface area contributed by atoms with Crippen LogP contribution in [0.2, 0.25) is 0 Å². The molecule has 0 fully saturated rings. The van der Waals surface area contributed by atoms with Gasteiger partial charge in [-0.2, -0.15) is 0 Å². The molecular formula is C16H25NO2. The van der Waals surface area contributed by atoms with E-state index in [9.17, 15) is 5.11 Å². The summed E-state index contributed by atoms with van der Waals surface area (Å²) in [5.41, 5.74) is 6.47. The van der Waals surface area contributed by atoms with E-state index in [1.807, 2.05) is 26.0 Å². The summed E-state index contributed by atoms with van der Waals surface area (Å²) in [6.07, 6.45) is 0.511. The Labute approximate surface area is 115 Å². The first-order chi connectivity index (χ1) is 8.57. The van der Waals surface area contributed by atoms with Crippen molar-refractivity contribution in [2.45, 2.75) is 57.7 Å². The number of benzene rings is 1. The lowest BCUT2D eigenvalue weighted by atomic mass is 9.77. The maximum atomic E-state index is 10.9. The van der Waals surface area contributed by atoms with Crippen molar-refractivity contribution in [3.8, 4) is 5.75 Å². The van der Waals surface area contributed by atoms with Crippen molar-refractivity contribution in [2.75, 3.05) is 6.54 Å². The zero-order valence-corrected chi connectivity index (χ0v) is 12.6. The van der Waals surface area contributed by atoms with Crippen LogP contribution in [-0.2, 0) is 11.0 Å². The zero-order chi connectivity index (χ0) is 14.5. The number of fused-ring (bicyclic) bond motifs is 1. The van der Waals surface area contributed by atoms with E-state index in [-0.39, 0.29) is 12.0 Å². The maximum Gasteiger partial charge on any atom is 0.126 e. The molecule has 3 N–H and O–H groups in total. The van der Waals surface area contributed by atoms with Gasteiger partial charge in [0.05, 0.1) is 0 Å². The Morgan fingerprint density at radius 2 is 1.95 bits per heavy atom. The smallest absolute Gasteiger partial charge is 0.126 e. The highest BCUT2D eigenvalue weighted by atomic mass is 16.5. The van der Waals surface area contributed by atoms with Gasteiger partial charge in [-0.15, -0.1) is 0 Å². The minimum atomic E-state index is -1.00. The summed E-state index contributed by atoms with van der Waals surface area (Å²) in [6, 6.07) is 6.06. The molecule has 1 heterocycles. The van der Waals surface area contributed by atoms with Crippen molar-refractivity contribution in [2.24, 2.45) is 5.73 Å². The molecule has 1 aliphatic rings. The molecular weight excluding hydrogens is 238 g/mol. The van der Waals surface area contributed by atoms with Crippen LogP contribution in [0, 0.1) is 0 Å². The predicted molar refractivity (Wildman–Crippen MR) is 77.4 cm³/mol. The number of ether oxygens (including phenoxy) is 1. The van der Waals surface area contributed by atoms with Crippen molar-refractivity contribution in [3.63, 3.8) is 0 Å². The third-order valence-corrected chi connectivity index (χ3v) is 3.79. The quantitative estimate of drug-likeness (QED) is 0.819. The molecule has 0 saturated heterocycles. The van der Waals surface area contributed by atoms with Crippen LogP contribution in [0.25, 0.3) is 0 Å². The molecule has 1 aromatic carbocycles. The van der Waals surface area contributed by atoms with Gasteiger partial charge in [-0.05, 0) is 37.0 Å². The Balaban J connectivity index is 2.57. The fourth-order valence-electron chi connectivity index (χ4n) is 2.76. The van der Waals surface area contributed by atoms with Gasteiger partial charge >= 0.3 is 0 Å². The topological polar surface area (TPSA) is 55.5 Å². The van der Waals surface area contributed by atoms with Crippen molar-refractivity contribution >= 4 is 0 Å². The second-order valence-corrected chi connectivity index (χ2v) is 7.24. The van der Waals surface area contributed by atoms with Gasteiger partial charge < -0.3 is 15.6 Å². The molecule has 0 saturated carbocycles. The molecule has 3 heteroatoms. The van der Waals surface area contributed by atoms with E-state index >= 15 is 0 Å². The molecule has 19 heavy (non-hydrogen) atoms. The number of rotatable bonds is 1. The van der Waals surface area contributed by atoms with Crippen molar-refractivity contribution in [3.05, 3.63) is 29.3 Å². The SMILES string of the molecule is CC1(C)CC(O)(CN)c2cc(C(C)(C)C)ccc2O1. The summed E-state index contributed by atoms with van der Waals surface area (Å²) in [6.45, 7) is 10.6. The van der Waals surface area contributed by atoms with Crippen LogP contribution in [0.5, 0.6) is 5.75 Å². The molecule has 0 aliphatic carbocycles. The van der Waals surface area contributed by atoms with E-state index in [0.717, 1.165) is 11.3 Å². The van der Waals surface area contributed by atoms with Crippen LogP contribution in [-0.4, -0.2) is 17.3 Å². The van der Waals surface area contributed by atoms with Crippen LogP contribution in [0.4, 0.5) is 0 Å². The van der Waals surface area contributed by atoms with Gasteiger partial charge in [-0.1, -0.05) is 26.8 Å². The molecule has 1 aliphatic heterocycles. The molecule has 3 nitrogen and oxygen atoms in total. The standard InChI is InChI=1S/C16H25NO2/c1-14(2,3)11-6-7-13-12(8-11)16(18,10-17)9-15(4,5)19-13/h6-8,18H,9-10,17H2,1-5H3. The number of aliphatic hydroxyl groups is 1. The number of hydrogen-bond donors (Lipinski definition) is 2. The van der Waals surface area contributed by atoms with Crippen LogP contribution in [0.1, 0.15) is 52.2 Å². The summed E-state index contributed by atoms with van der Waals surface area (Å²) in [5.74, 6) is 0.747. The summed E-state index contributed by atoms with van der Waals surface area (Å²) in [4.78, 5) is 0. The van der Waals surface area contributed by atoms with Crippen LogP contribution >= 0.6 is 0 Å². The number of nitrogens with two attached hydrogens (primary N) is 1. The predicted octanol–water partition coefficient (Wildman–Crippen LogP) is 2.69. The molecule has 0 bridgehead atoms. The Morgan fingerprint density at radius 1 is 1.32 bits per heavy atom. The first kappa shape index (κ1) is 14.4. The fraction of sp³-hybridized carbons (Fsp3) is 0.625. The Hall–Kier alpha value is -1.06. The molecule has 0 aromatic heterocycles. The van der Waals surface area contributed by atoms with Crippen LogP contribution in [0.3, 0.4) is 0 Å². The van der Waals surface area contributed by atoms with E-state index in [4.69, 9.17) is 10.5 Å². The second-order valence-electron chi connectivity index (χ2n) is 7.24. The third kappa shape index (κ3) is 2.63. The zero-order valence-electron chi connectivity index (χ0n) is 12.6. The fourth-order valence-corrected chi connectivity index (χ4v) is 2.76. The van der Waals surface area contributed by atoms with Gasteiger partial charge in [-0.3, -0.25) is 0 Å². The minimum absolute atomic E-state index is 0.0392. The lowest BCUT2D eigenvalue weighted by Crippen LogP contribution is -2.48. The van der Waals surface area contributed by atoms with Crippen molar-refractivity contribution in [1.29, 1.82) is 0 Å². The first-order valence-electron chi connectivity index (χ1n) is 6.84. The second kappa shape index (κ2) is 4.22. The van der Waals surface area contributed by atoms with Gasteiger partial charge in [0.2, 0.25) is 0 Å². The molecule has 106 valence electrons. The van der Waals surface area contributed by atoms with E-state index in [1.165, 1.54) is 5.56 Å². The number of hydrogen-bond acceptors (Lipinski definition) is 3. The monoisotopic (exact) mass is 263 g/mol. The molecule has 1 atom stereocenters. The molecule has 0 spiro atoms. The average molecular weight is 263 g/mol. The average Bonchev–Trinajstić information content (AvgIpc) is 2.25. The summed E-state index contributed by atoms with van der Waals surface area (Å²) in [7, 11) is 0. The third-order valence-electron chi connectivity index (χ3n) is 3.79. The lowest BCUT2D eigenvalue weighted by molar-refractivity contribution is -0.0579. The molecule has 0 amide bonds. The van der Waals surface area contributed by atoms with Gasteiger partial charge in [0.25, 0.3) is 0 Å². The summed E-state index contributed by atoms with van der Waals surface area (Å²) in [5, 5.41) is 10.9. The Bertz CT molecular complexity index is 488. The van der Waals surface area contributed by atoms with Crippen molar-refractivity contribution < 1.29 is 9.84 Å². The molecule has 1 unspecified atom stereocenters. The van der Waals surface area contributed by atoms with Gasteiger partial charge in [0, 0.05) is 18.5 Å². The lowest BCUT2D eigenvalue weighted by Gasteiger charge is -2.43. The first-order valence-corrected chi connectivity index (χ1v) is 6.84. The Morgan fingerprint density at radius 3 is 2.47 bits per heavy atom. The molecule has 0 radical (unpaired) electrons. The van der Waals surface area contributed by atoms with E-state index in [0.29, 0.717) is 6.42 Å². The molecule has 2 rings (SSSR count). The van der Waals surface area contributed by atoms with E-state index < -0.39 is 11.2 Å². The van der Waals surface area contributed by atoms with Crippen LogP contribution in [0.15, 0.2) is 18.2 Å². The largest absolute Gasteiger partial charge is 0.487 e. The Kier molecular flexibility index (Phi) is 3.19. The highest BCUT2D eigenvalue weighted by molar-refractivity contribution is 5.45. The van der Waals surface area contributed by atoms with Crippen LogP contribution < -0.4 is 10.5 Å².